The summed E-state index contributed by atoms with van der Waals surface area (Å²) in [6.45, 7) is 2.87. The van der Waals surface area contributed by atoms with Crippen molar-refractivity contribution in [2.75, 3.05) is 16.8 Å². The summed E-state index contributed by atoms with van der Waals surface area (Å²) >= 11 is 5.99. The largest absolute Gasteiger partial charge is 0.353 e. The molecule has 1 aromatic carbocycles. The zero-order valence-corrected chi connectivity index (χ0v) is 14.7. The van der Waals surface area contributed by atoms with Crippen molar-refractivity contribution in [3.8, 4) is 0 Å². The van der Waals surface area contributed by atoms with E-state index in [1.165, 1.54) is 6.33 Å². The summed E-state index contributed by atoms with van der Waals surface area (Å²) in [6, 6.07) is 7.26. The van der Waals surface area contributed by atoms with E-state index in [-0.39, 0.29) is 17.5 Å². The van der Waals surface area contributed by atoms with Gasteiger partial charge in [0.05, 0.1) is 4.92 Å². The Balaban J connectivity index is 2.01. The molecule has 2 aromatic rings. The SMILES string of the molecule is CCC1CCCCN1c1ncnc(Nc2cccc(Cl)c2)c1[N+](=O)[O-]. The molecule has 0 bridgehead atoms. The smallest absolute Gasteiger partial charge is 0.348 e. The summed E-state index contributed by atoms with van der Waals surface area (Å²) in [5, 5.41) is 15.3. The van der Waals surface area contributed by atoms with Crippen LogP contribution >= 0.6 is 11.6 Å². The molecule has 132 valence electrons. The molecule has 1 aliphatic rings. The zero-order valence-electron chi connectivity index (χ0n) is 14.0. The third-order valence-electron chi connectivity index (χ3n) is 4.44. The molecule has 25 heavy (non-hydrogen) atoms. The minimum Gasteiger partial charge on any atom is -0.348 e. The van der Waals surface area contributed by atoms with Gasteiger partial charge in [-0.25, -0.2) is 9.97 Å². The van der Waals surface area contributed by atoms with Crippen LogP contribution in [0.15, 0.2) is 30.6 Å². The van der Waals surface area contributed by atoms with E-state index in [0.29, 0.717) is 16.5 Å². The van der Waals surface area contributed by atoms with Crippen LogP contribution in [-0.4, -0.2) is 27.5 Å². The van der Waals surface area contributed by atoms with E-state index in [4.69, 9.17) is 11.6 Å². The van der Waals surface area contributed by atoms with Crippen LogP contribution in [0.3, 0.4) is 0 Å². The highest BCUT2D eigenvalue weighted by molar-refractivity contribution is 6.30. The molecule has 0 saturated carbocycles. The maximum atomic E-state index is 11.8. The second-order valence-electron chi connectivity index (χ2n) is 6.04. The maximum absolute atomic E-state index is 11.8. The highest BCUT2D eigenvalue weighted by atomic mass is 35.5. The van der Waals surface area contributed by atoms with Crippen molar-refractivity contribution in [2.24, 2.45) is 0 Å². The molecule has 1 atom stereocenters. The molecule has 1 N–H and O–H groups in total. The summed E-state index contributed by atoms with van der Waals surface area (Å²) in [7, 11) is 0. The molecule has 1 fully saturated rings. The fourth-order valence-corrected chi connectivity index (χ4v) is 3.44. The predicted molar refractivity (Wildman–Crippen MR) is 98.7 cm³/mol. The average molecular weight is 362 g/mol. The second kappa shape index (κ2) is 7.65. The van der Waals surface area contributed by atoms with E-state index >= 15 is 0 Å². The lowest BCUT2D eigenvalue weighted by molar-refractivity contribution is -0.383. The Kier molecular flexibility index (Phi) is 5.33. The minimum atomic E-state index is -0.413. The van der Waals surface area contributed by atoms with Gasteiger partial charge in [-0.2, -0.15) is 0 Å². The number of hydrogen-bond acceptors (Lipinski definition) is 6. The molecule has 1 unspecified atom stereocenters. The van der Waals surface area contributed by atoms with Gasteiger partial charge in [-0.3, -0.25) is 10.1 Å². The van der Waals surface area contributed by atoms with E-state index in [1.54, 1.807) is 24.3 Å². The van der Waals surface area contributed by atoms with E-state index in [0.717, 1.165) is 32.2 Å². The quantitative estimate of drug-likeness (QED) is 0.621. The van der Waals surface area contributed by atoms with E-state index in [1.807, 2.05) is 4.90 Å². The number of halogens is 1. The highest BCUT2D eigenvalue weighted by Crippen LogP contribution is 2.37. The Morgan fingerprint density at radius 2 is 2.24 bits per heavy atom. The van der Waals surface area contributed by atoms with Gasteiger partial charge in [-0.1, -0.05) is 24.6 Å². The van der Waals surface area contributed by atoms with Crippen LogP contribution in [0.1, 0.15) is 32.6 Å². The first kappa shape index (κ1) is 17.4. The van der Waals surface area contributed by atoms with Crippen LogP contribution in [0.2, 0.25) is 5.02 Å². The first-order valence-corrected chi connectivity index (χ1v) is 8.76. The standard InChI is InChI=1S/C17H20ClN5O2/c1-2-14-8-3-4-9-22(14)17-15(23(24)25)16(19-11-20-17)21-13-7-5-6-12(18)10-13/h5-7,10-11,14H,2-4,8-9H2,1H3,(H,19,20,21). The normalized spacial score (nSPS) is 17.4. The van der Waals surface area contributed by atoms with Gasteiger partial charge in [0.2, 0.25) is 11.6 Å². The van der Waals surface area contributed by atoms with Crippen molar-refractivity contribution >= 4 is 34.6 Å². The maximum Gasteiger partial charge on any atom is 0.353 e. The van der Waals surface area contributed by atoms with Crippen molar-refractivity contribution in [1.29, 1.82) is 0 Å². The molecule has 1 saturated heterocycles. The average Bonchev–Trinajstić information content (AvgIpc) is 2.61. The van der Waals surface area contributed by atoms with Crippen LogP contribution < -0.4 is 10.2 Å². The predicted octanol–water partition coefficient (Wildman–Crippen LogP) is 4.55. The van der Waals surface area contributed by atoms with Crippen LogP contribution in [-0.2, 0) is 0 Å². The number of benzene rings is 1. The van der Waals surface area contributed by atoms with E-state index in [9.17, 15) is 10.1 Å². The molecule has 1 aromatic heterocycles. The number of aromatic nitrogens is 2. The Labute approximate surface area is 151 Å². The minimum absolute atomic E-state index is 0.0946. The fraction of sp³-hybridized carbons (Fsp3) is 0.412. The van der Waals surface area contributed by atoms with Gasteiger partial charge < -0.3 is 10.2 Å². The Bertz CT molecular complexity index is 770. The first-order valence-electron chi connectivity index (χ1n) is 8.38. The summed E-state index contributed by atoms with van der Waals surface area (Å²) in [5.74, 6) is 0.564. The number of hydrogen-bond donors (Lipinski definition) is 1. The molecule has 0 amide bonds. The van der Waals surface area contributed by atoms with Crippen molar-refractivity contribution in [1.82, 2.24) is 9.97 Å². The molecule has 7 nitrogen and oxygen atoms in total. The number of anilines is 3. The van der Waals surface area contributed by atoms with E-state index < -0.39 is 4.92 Å². The molecular formula is C17H20ClN5O2. The van der Waals surface area contributed by atoms with Crippen molar-refractivity contribution < 1.29 is 4.92 Å². The van der Waals surface area contributed by atoms with Crippen molar-refractivity contribution in [3.63, 3.8) is 0 Å². The van der Waals surface area contributed by atoms with Gasteiger partial charge in [-0.05, 0) is 43.9 Å². The van der Waals surface area contributed by atoms with Gasteiger partial charge in [0, 0.05) is 23.3 Å². The molecule has 3 rings (SSSR count). The van der Waals surface area contributed by atoms with Gasteiger partial charge in [0.1, 0.15) is 6.33 Å². The number of piperidine rings is 1. The molecule has 0 spiro atoms. The molecule has 1 aliphatic heterocycles. The van der Waals surface area contributed by atoms with Crippen LogP contribution in [0.25, 0.3) is 0 Å². The number of nitrogens with one attached hydrogen (secondary N) is 1. The summed E-state index contributed by atoms with van der Waals surface area (Å²) < 4.78 is 0. The monoisotopic (exact) mass is 361 g/mol. The van der Waals surface area contributed by atoms with Gasteiger partial charge in [-0.15, -0.1) is 0 Å². The van der Waals surface area contributed by atoms with Crippen molar-refractivity contribution in [3.05, 3.63) is 45.7 Å². The fourth-order valence-electron chi connectivity index (χ4n) is 3.25. The third-order valence-corrected chi connectivity index (χ3v) is 4.68. The molecule has 0 radical (unpaired) electrons. The Hall–Kier alpha value is -2.41. The molecule has 0 aliphatic carbocycles. The molecule has 2 heterocycles. The molecular weight excluding hydrogens is 342 g/mol. The number of rotatable bonds is 5. The van der Waals surface area contributed by atoms with Gasteiger partial charge in [0.25, 0.3) is 0 Å². The first-order chi connectivity index (χ1) is 12.1. The number of nitro groups is 1. The van der Waals surface area contributed by atoms with Gasteiger partial charge >= 0.3 is 5.69 Å². The Morgan fingerprint density at radius 3 is 2.96 bits per heavy atom. The third kappa shape index (κ3) is 3.82. The molecule has 8 heteroatoms. The summed E-state index contributed by atoms with van der Waals surface area (Å²) in [4.78, 5) is 21.8. The lowest BCUT2D eigenvalue weighted by Crippen LogP contribution is -2.40. The summed E-state index contributed by atoms with van der Waals surface area (Å²) in [5.41, 5.74) is 0.550. The van der Waals surface area contributed by atoms with Crippen LogP contribution in [0.5, 0.6) is 0 Å². The topological polar surface area (TPSA) is 84.2 Å². The lowest BCUT2D eigenvalue weighted by atomic mass is 10.00. The lowest BCUT2D eigenvalue weighted by Gasteiger charge is -2.35. The van der Waals surface area contributed by atoms with Crippen LogP contribution in [0.4, 0.5) is 23.0 Å². The summed E-state index contributed by atoms with van der Waals surface area (Å²) in [6.07, 6.45) is 5.47. The highest BCUT2D eigenvalue weighted by Gasteiger charge is 2.31. The Morgan fingerprint density at radius 1 is 1.40 bits per heavy atom. The number of nitrogens with zero attached hydrogens (tertiary/aromatic N) is 4. The van der Waals surface area contributed by atoms with Gasteiger partial charge in [0.15, 0.2) is 0 Å². The second-order valence-corrected chi connectivity index (χ2v) is 6.47. The zero-order chi connectivity index (χ0) is 17.8. The van der Waals surface area contributed by atoms with Crippen molar-refractivity contribution in [2.45, 2.75) is 38.6 Å². The van der Waals surface area contributed by atoms with Crippen LogP contribution in [0, 0.1) is 10.1 Å². The van der Waals surface area contributed by atoms with E-state index in [2.05, 4.69) is 22.2 Å².